The maximum Gasteiger partial charge on any atom is 0.264 e. The van der Waals surface area contributed by atoms with Gasteiger partial charge >= 0.3 is 0 Å². The first-order valence-corrected chi connectivity index (χ1v) is 8.50. The summed E-state index contributed by atoms with van der Waals surface area (Å²) in [7, 11) is 1.66. The number of ether oxygens (including phenoxy) is 1. The lowest BCUT2D eigenvalue weighted by Gasteiger charge is -2.24. The number of carbonyl (C=O) groups is 1. The summed E-state index contributed by atoms with van der Waals surface area (Å²) in [5.74, 6) is 0.973. The minimum Gasteiger partial charge on any atom is -0.497 e. The third kappa shape index (κ3) is 2.99. The second-order valence-corrected chi connectivity index (χ2v) is 7.50. The molecule has 2 heterocycles. The van der Waals surface area contributed by atoms with Gasteiger partial charge in [-0.15, -0.1) is 11.3 Å². The Hall–Kier alpha value is -1.33. The summed E-state index contributed by atoms with van der Waals surface area (Å²) in [5.41, 5.74) is 1.18. The standard InChI is InChI=1S/C16H16BrNO2S/c1-20-12-6-4-11(5-7-12)13-3-2-10-18(13)16(19)14-8-9-15(17)21-14/h4-9,13H,2-3,10H2,1H3/t13-/m0/s1. The number of carbonyl (C=O) groups excluding carboxylic acids is 1. The molecule has 2 aromatic rings. The number of nitrogens with zero attached hydrogens (tertiary/aromatic N) is 1. The third-order valence-electron chi connectivity index (χ3n) is 3.80. The molecule has 1 atom stereocenters. The van der Waals surface area contributed by atoms with Crippen LogP contribution in [0.15, 0.2) is 40.2 Å². The highest BCUT2D eigenvalue weighted by Crippen LogP contribution is 2.35. The Labute approximate surface area is 136 Å². The van der Waals surface area contributed by atoms with E-state index in [4.69, 9.17) is 4.74 Å². The summed E-state index contributed by atoms with van der Waals surface area (Å²) >= 11 is 4.91. The van der Waals surface area contributed by atoms with Gasteiger partial charge < -0.3 is 9.64 Å². The molecule has 1 aliphatic heterocycles. The lowest BCUT2D eigenvalue weighted by atomic mass is 10.0. The van der Waals surface area contributed by atoms with Crippen LogP contribution in [-0.2, 0) is 0 Å². The summed E-state index contributed by atoms with van der Waals surface area (Å²) < 4.78 is 6.19. The molecule has 110 valence electrons. The van der Waals surface area contributed by atoms with Gasteiger partial charge in [0.05, 0.1) is 21.8 Å². The Kier molecular flexibility index (Phi) is 4.31. The number of likely N-dealkylation sites (tertiary alicyclic amines) is 1. The zero-order valence-electron chi connectivity index (χ0n) is 11.7. The fraction of sp³-hybridized carbons (Fsp3) is 0.312. The van der Waals surface area contributed by atoms with Gasteiger partial charge in [0.1, 0.15) is 5.75 Å². The molecule has 5 heteroatoms. The molecule has 0 aliphatic carbocycles. The van der Waals surface area contributed by atoms with Crippen molar-refractivity contribution < 1.29 is 9.53 Å². The van der Waals surface area contributed by atoms with Crippen molar-refractivity contribution in [3.05, 3.63) is 50.6 Å². The molecule has 0 spiro atoms. The molecular weight excluding hydrogens is 350 g/mol. The Balaban J connectivity index is 1.83. The maximum absolute atomic E-state index is 12.7. The van der Waals surface area contributed by atoms with Crippen molar-refractivity contribution in [1.29, 1.82) is 0 Å². The first-order valence-electron chi connectivity index (χ1n) is 6.89. The molecule has 21 heavy (non-hydrogen) atoms. The molecule has 1 aliphatic rings. The fourth-order valence-electron chi connectivity index (χ4n) is 2.75. The molecule has 0 N–H and O–H groups in total. The van der Waals surface area contributed by atoms with Gasteiger partial charge in [-0.1, -0.05) is 12.1 Å². The van der Waals surface area contributed by atoms with E-state index in [0.717, 1.165) is 33.8 Å². The van der Waals surface area contributed by atoms with Crippen LogP contribution in [0.2, 0.25) is 0 Å². The number of hydrogen-bond acceptors (Lipinski definition) is 3. The van der Waals surface area contributed by atoms with Crippen molar-refractivity contribution in [2.24, 2.45) is 0 Å². The van der Waals surface area contributed by atoms with E-state index >= 15 is 0 Å². The Bertz CT molecular complexity index is 638. The summed E-state index contributed by atoms with van der Waals surface area (Å²) in [6, 6.07) is 12.0. The smallest absolute Gasteiger partial charge is 0.264 e. The molecule has 0 radical (unpaired) electrons. The number of rotatable bonds is 3. The molecule has 0 unspecified atom stereocenters. The summed E-state index contributed by atoms with van der Waals surface area (Å²) in [6.45, 7) is 0.824. The predicted octanol–water partition coefficient (Wildman–Crippen LogP) is 4.50. The summed E-state index contributed by atoms with van der Waals surface area (Å²) in [5, 5.41) is 0. The van der Waals surface area contributed by atoms with Crippen molar-refractivity contribution in [3.8, 4) is 5.75 Å². The van der Waals surface area contributed by atoms with Crippen molar-refractivity contribution in [1.82, 2.24) is 4.90 Å². The number of benzene rings is 1. The van der Waals surface area contributed by atoms with Gasteiger partial charge in [-0.3, -0.25) is 4.79 Å². The average Bonchev–Trinajstić information content (AvgIpc) is 3.15. The van der Waals surface area contributed by atoms with Crippen LogP contribution in [0.5, 0.6) is 5.75 Å². The van der Waals surface area contributed by atoms with Gasteiger partial charge in [0.15, 0.2) is 0 Å². The molecule has 1 aromatic carbocycles. The molecule has 1 amide bonds. The number of methoxy groups -OCH3 is 1. The molecule has 1 saturated heterocycles. The number of halogens is 1. The molecule has 0 saturated carbocycles. The number of hydrogen-bond donors (Lipinski definition) is 0. The highest BCUT2D eigenvalue weighted by Gasteiger charge is 2.31. The van der Waals surface area contributed by atoms with Crippen LogP contribution in [0.1, 0.15) is 34.1 Å². The van der Waals surface area contributed by atoms with E-state index in [-0.39, 0.29) is 11.9 Å². The van der Waals surface area contributed by atoms with Gasteiger partial charge in [-0.2, -0.15) is 0 Å². The average molecular weight is 366 g/mol. The van der Waals surface area contributed by atoms with Crippen molar-refractivity contribution >= 4 is 33.2 Å². The van der Waals surface area contributed by atoms with Gasteiger partial charge in [0.2, 0.25) is 0 Å². The van der Waals surface area contributed by atoms with E-state index in [2.05, 4.69) is 28.1 Å². The molecule has 1 fully saturated rings. The molecule has 3 nitrogen and oxygen atoms in total. The minimum absolute atomic E-state index is 0.129. The van der Waals surface area contributed by atoms with E-state index in [1.54, 1.807) is 7.11 Å². The Morgan fingerprint density at radius 1 is 1.29 bits per heavy atom. The first-order chi connectivity index (χ1) is 10.2. The van der Waals surface area contributed by atoms with Gasteiger partial charge in [-0.25, -0.2) is 0 Å². The van der Waals surface area contributed by atoms with Gasteiger partial charge in [0, 0.05) is 6.54 Å². The van der Waals surface area contributed by atoms with Crippen LogP contribution < -0.4 is 4.74 Å². The normalized spacial score (nSPS) is 18.0. The Morgan fingerprint density at radius 3 is 2.67 bits per heavy atom. The molecule has 1 aromatic heterocycles. The highest BCUT2D eigenvalue weighted by molar-refractivity contribution is 9.11. The second kappa shape index (κ2) is 6.20. The van der Waals surface area contributed by atoms with Gasteiger partial charge in [-0.05, 0) is 58.6 Å². The van der Waals surface area contributed by atoms with E-state index in [1.165, 1.54) is 16.9 Å². The van der Waals surface area contributed by atoms with Crippen LogP contribution >= 0.6 is 27.3 Å². The number of thiophene rings is 1. The predicted molar refractivity (Wildman–Crippen MR) is 88.0 cm³/mol. The zero-order valence-corrected chi connectivity index (χ0v) is 14.1. The summed E-state index contributed by atoms with van der Waals surface area (Å²) in [4.78, 5) is 15.4. The van der Waals surface area contributed by atoms with E-state index in [0.29, 0.717) is 0 Å². The van der Waals surface area contributed by atoms with Crippen molar-refractivity contribution in [2.75, 3.05) is 13.7 Å². The topological polar surface area (TPSA) is 29.5 Å². The summed E-state index contributed by atoms with van der Waals surface area (Å²) in [6.07, 6.45) is 2.07. The number of amides is 1. The Morgan fingerprint density at radius 2 is 2.05 bits per heavy atom. The van der Waals surface area contributed by atoms with Crippen molar-refractivity contribution in [3.63, 3.8) is 0 Å². The van der Waals surface area contributed by atoms with Gasteiger partial charge in [0.25, 0.3) is 5.91 Å². The SMILES string of the molecule is COc1ccc([C@@H]2CCCN2C(=O)c2ccc(Br)s2)cc1. The maximum atomic E-state index is 12.7. The fourth-order valence-corrected chi connectivity index (χ4v) is 4.10. The van der Waals surface area contributed by atoms with Crippen LogP contribution in [-0.4, -0.2) is 24.5 Å². The molecule has 3 rings (SSSR count). The molecular formula is C16H16BrNO2S. The monoisotopic (exact) mass is 365 g/mol. The van der Waals surface area contributed by atoms with Crippen LogP contribution in [0.25, 0.3) is 0 Å². The third-order valence-corrected chi connectivity index (χ3v) is 5.41. The van der Waals surface area contributed by atoms with E-state index in [1.807, 2.05) is 29.2 Å². The van der Waals surface area contributed by atoms with Crippen LogP contribution in [0.3, 0.4) is 0 Å². The van der Waals surface area contributed by atoms with Crippen LogP contribution in [0, 0.1) is 0 Å². The van der Waals surface area contributed by atoms with E-state index < -0.39 is 0 Å². The molecule has 0 bridgehead atoms. The van der Waals surface area contributed by atoms with Crippen LogP contribution in [0.4, 0.5) is 0 Å². The van der Waals surface area contributed by atoms with Crippen molar-refractivity contribution in [2.45, 2.75) is 18.9 Å². The quantitative estimate of drug-likeness (QED) is 0.801. The lowest BCUT2D eigenvalue weighted by Crippen LogP contribution is -2.29. The largest absolute Gasteiger partial charge is 0.497 e. The first kappa shape index (κ1) is 14.6. The highest BCUT2D eigenvalue weighted by atomic mass is 79.9. The minimum atomic E-state index is 0.129. The second-order valence-electron chi connectivity index (χ2n) is 5.03. The zero-order chi connectivity index (χ0) is 14.8. The lowest BCUT2D eigenvalue weighted by molar-refractivity contribution is 0.0740. The van der Waals surface area contributed by atoms with E-state index in [9.17, 15) is 4.79 Å².